The maximum absolute atomic E-state index is 12.9. The van der Waals surface area contributed by atoms with Crippen LogP contribution in [0.25, 0.3) is 11.0 Å². The lowest BCUT2D eigenvalue weighted by molar-refractivity contribution is -0.114. The van der Waals surface area contributed by atoms with E-state index in [2.05, 4.69) is 5.32 Å². The van der Waals surface area contributed by atoms with Crippen molar-refractivity contribution in [1.29, 1.82) is 0 Å². The molecule has 3 aromatic rings. The second-order valence-corrected chi connectivity index (χ2v) is 5.85. The highest BCUT2D eigenvalue weighted by Crippen LogP contribution is 2.32. The molecule has 0 saturated heterocycles. The normalized spacial score (nSPS) is 10.6. The van der Waals surface area contributed by atoms with Crippen LogP contribution in [0.1, 0.15) is 28.6 Å². The van der Waals surface area contributed by atoms with Crippen molar-refractivity contribution in [2.75, 3.05) is 19.5 Å². The molecule has 6 heteroatoms. The number of benzene rings is 2. The molecule has 6 nitrogen and oxygen atoms in total. The summed E-state index contributed by atoms with van der Waals surface area (Å²) in [5.74, 6) is 0.866. The van der Waals surface area contributed by atoms with Gasteiger partial charge in [-0.1, -0.05) is 0 Å². The van der Waals surface area contributed by atoms with Gasteiger partial charge in [0.15, 0.2) is 17.3 Å². The highest BCUT2D eigenvalue weighted by molar-refractivity contribution is 6.11. The maximum Gasteiger partial charge on any atom is 0.228 e. The van der Waals surface area contributed by atoms with Crippen LogP contribution in [-0.2, 0) is 4.79 Å². The van der Waals surface area contributed by atoms with Crippen LogP contribution in [-0.4, -0.2) is 25.9 Å². The van der Waals surface area contributed by atoms with Gasteiger partial charge in [0.1, 0.15) is 5.58 Å². The number of amides is 1. The second-order valence-electron chi connectivity index (χ2n) is 5.85. The van der Waals surface area contributed by atoms with E-state index < -0.39 is 0 Å². The minimum absolute atomic E-state index is 0.160. The average molecular weight is 353 g/mol. The van der Waals surface area contributed by atoms with Crippen LogP contribution >= 0.6 is 0 Å². The van der Waals surface area contributed by atoms with Crippen LogP contribution in [0, 0.1) is 6.92 Å². The summed E-state index contributed by atoms with van der Waals surface area (Å²) in [4.78, 5) is 24.1. The van der Waals surface area contributed by atoms with Gasteiger partial charge in [-0.05, 0) is 43.3 Å². The molecule has 0 aliphatic rings. The number of furan rings is 1. The fourth-order valence-electron chi connectivity index (χ4n) is 2.83. The highest BCUT2D eigenvalue weighted by Gasteiger charge is 2.21. The molecule has 0 saturated carbocycles. The summed E-state index contributed by atoms with van der Waals surface area (Å²) >= 11 is 0. The minimum Gasteiger partial charge on any atom is -0.493 e. The van der Waals surface area contributed by atoms with Crippen LogP contribution in [0.4, 0.5) is 5.69 Å². The first-order valence-corrected chi connectivity index (χ1v) is 8.02. The number of hydrogen-bond acceptors (Lipinski definition) is 5. The first kappa shape index (κ1) is 17.5. The zero-order valence-corrected chi connectivity index (χ0v) is 15.0. The molecule has 1 aromatic heterocycles. The van der Waals surface area contributed by atoms with Crippen molar-refractivity contribution in [3.05, 3.63) is 53.3 Å². The van der Waals surface area contributed by atoms with Crippen molar-refractivity contribution in [3.63, 3.8) is 0 Å². The second kappa shape index (κ2) is 6.92. The quantitative estimate of drug-likeness (QED) is 0.703. The van der Waals surface area contributed by atoms with Crippen molar-refractivity contribution in [2.24, 2.45) is 0 Å². The zero-order valence-electron chi connectivity index (χ0n) is 15.0. The lowest BCUT2D eigenvalue weighted by Gasteiger charge is -2.08. The highest BCUT2D eigenvalue weighted by atomic mass is 16.5. The van der Waals surface area contributed by atoms with E-state index in [-0.39, 0.29) is 17.5 Å². The van der Waals surface area contributed by atoms with Gasteiger partial charge < -0.3 is 19.2 Å². The summed E-state index contributed by atoms with van der Waals surface area (Å²) in [6.07, 6.45) is 0. The maximum atomic E-state index is 12.9. The predicted octanol–water partition coefficient (Wildman–Crippen LogP) is 3.95. The van der Waals surface area contributed by atoms with Crippen molar-refractivity contribution in [3.8, 4) is 11.5 Å². The number of carbonyl (C=O) groups excluding carboxylic acids is 2. The van der Waals surface area contributed by atoms with Gasteiger partial charge in [-0.2, -0.15) is 0 Å². The number of ketones is 1. The van der Waals surface area contributed by atoms with Crippen LogP contribution in [0.3, 0.4) is 0 Å². The predicted molar refractivity (Wildman–Crippen MR) is 98.2 cm³/mol. The van der Waals surface area contributed by atoms with E-state index in [9.17, 15) is 9.59 Å². The average Bonchev–Trinajstić information content (AvgIpc) is 2.96. The fraction of sp³-hybridized carbons (Fsp3) is 0.200. The molecular formula is C20H19NO5. The monoisotopic (exact) mass is 353 g/mol. The Morgan fingerprint density at radius 3 is 2.38 bits per heavy atom. The number of ether oxygens (including phenoxy) is 2. The van der Waals surface area contributed by atoms with E-state index in [0.717, 1.165) is 5.39 Å². The summed E-state index contributed by atoms with van der Waals surface area (Å²) in [6, 6.07) is 10.2. The van der Waals surface area contributed by atoms with Crippen LogP contribution in [0.15, 0.2) is 40.8 Å². The molecule has 0 fully saturated rings. The molecule has 1 N–H and O–H groups in total. The van der Waals surface area contributed by atoms with E-state index in [1.54, 1.807) is 36.4 Å². The van der Waals surface area contributed by atoms with E-state index in [1.165, 1.54) is 21.1 Å². The molecule has 3 rings (SSSR count). The number of carbonyl (C=O) groups is 2. The molecule has 1 amide bonds. The number of aryl methyl sites for hydroxylation is 1. The van der Waals surface area contributed by atoms with Gasteiger partial charge in [-0.3, -0.25) is 9.59 Å². The number of fused-ring (bicyclic) bond motifs is 1. The van der Waals surface area contributed by atoms with Gasteiger partial charge in [0.25, 0.3) is 0 Å². The minimum atomic E-state index is -0.249. The molecule has 0 aliphatic carbocycles. The van der Waals surface area contributed by atoms with E-state index in [4.69, 9.17) is 13.9 Å². The Hall–Kier alpha value is -3.28. The first-order valence-electron chi connectivity index (χ1n) is 8.02. The van der Waals surface area contributed by atoms with Crippen molar-refractivity contribution in [1.82, 2.24) is 0 Å². The van der Waals surface area contributed by atoms with Crippen molar-refractivity contribution in [2.45, 2.75) is 13.8 Å². The third-order valence-electron chi connectivity index (χ3n) is 4.11. The molecule has 0 spiro atoms. The SMILES string of the molecule is COc1ccc(C(=O)c2oc3ccc(NC(C)=O)cc3c2C)cc1OC. The smallest absolute Gasteiger partial charge is 0.228 e. The number of rotatable bonds is 5. The third-order valence-corrected chi connectivity index (χ3v) is 4.11. The Bertz CT molecular complexity index is 1000. The van der Waals surface area contributed by atoms with Crippen molar-refractivity contribution < 1.29 is 23.5 Å². The van der Waals surface area contributed by atoms with Gasteiger partial charge in [-0.25, -0.2) is 0 Å². The van der Waals surface area contributed by atoms with Gasteiger partial charge in [0.2, 0.25) is 11.7 Å². The Balaban J connectivity index is 2.03. The number of hydrogen-bond donors (Lipinski definition) is 1. The third kappa shape index (κ3) is 3.13. The molecule has 0 aliphatic heterocycles. The van der Waals surface area contributed by atoms with Gasteiger partial charge >= 0.3 is 0 Å². The Labute approximate surface area is 150 Å². The molecule has 2 aromatic carbocycles. The van der Waals surface area contributed by atoms with E-state index in [0.29, 0.717) is 33.9 Å². The summed E-state index contributed by atoms with van der Waals surface area (Å²) in [7, 11) is 3.05. The zero-order chi connectivity index (χ0) is 18.8. The van der Waals surface area contributed by atoms with Gasteiger partial charge in [-0.15, -0.1) is 0 Å². The first-order chi connectivity index (χ1) is 12.4. The number of methoxy groups -OCH3 is 2. The number of anilines is 1. The molecule has 0 radical (unpaired) electrons. The van der Waals surface area contributed by atoms with Crippen LogP contribution in [0.5, 0.6) is 11.5 Å². The van der Waals surface area contributed by atoms with E-state index in [1.807, 2.05) is 6.92 Å². The Morgan fingerprint density at radius 1 is 1.00 bits per heavy atom. The van der Waals surface area contributed by atoms with Gasteiger partial charge in [0.05, 0.1) is 14.2 Å². The standard InChI is InChI=1S/C20H19NO5/c1-11-15-10-14(21-12(2)22)6-8-16(15)26-20(11)19(23)13-5-7-17(24-3)18(9-13)25-4/h5-10H,1-4H3,(H,21,22). The molecule has 0 unspecified atom stereocenters. The fourth-order valence-corrected chi connectivity index (χ4v) is 2.83. The molecule has 134 valence electrons. The molecule has 0 atom stereocenters. The lowest BCUT2D eigenvalue weighted by atomic mass is 10.0. The summed E-state index contributed by atoms with van der Waals surface area (Å²) in [6.45, 7) is 3.26. The summed E-state index contributed by atoms with van der Waals surface area (Å²) < 4.78 is 16.2. The molecular weight excluding hydrogens is 334 g/mol. The topological polar surface area (TPSA) is 77.8 Å². The van der Waals surface area contributed by atoms with Crippen molar-refractivity contribution >= 4 is 28.3 Å². The largest absolute Gasteiger partial charge is 0.493 e. The Kier molecular flexibility index (Phi) is 4.67. The van der Waals surface area contributed by atoms with Gasteiger partial charge in [0, 0.05) is 29.1 Å². The Morgan fingerprint density at radius 2 is 1.73 bits per heavy atom. The molecule has 0 bridgehead atoms. The summed E-state index contributed by atoms with van der Waals surface area (Å²) in [5.41, 5.74) is 2.39. The van der Waals surface area contributed by atoms with Crippen LogP contribution in [0.2, 0.25) is 0 Å². The lowest BCUT2D eigenvalue weighted by Crippen LogP contribution is -2.05. The number of nitrogens with one attached hydrogen (secondary N) is 1. The summed E-state index contributed by atoms with van der Waals surface area (Å²) in [5, 5.41) is 3.50. The van der Waals surface area contributed by atoms with Crippen LogP contribution < -0.4 is 14.8 Å². The molecule has 1 heterocycles. The molecule has 26 heavy (non-hydrogen) atoms. The van der Waals surface area contributed by atoms with E-state index >= 15 is 0 Å².